The van der Waals surface area contributed by atoms with E-state index in [1.54, 1.807) is 6.92 Å². The number of quaternary nitrogens is 1. The number of halogens is 1. The Bertz CT molecular complexity index is 150. The topological polar surface area (TPSA) is 37.3 Å². The molecule has 1 unspecified atom stereocenters. The molecular formula is C7H16INO2S. The maximum Gasteiger partial charge on any atom is 0.242 e. The fraction of sp³-hybridized carbons (Fsp3) is 0.857. The van der Waals surface area contributed by atoms with Crippen molar-refractivity contribution in [1.29, 1.82) is 0 Å². The highest BCUT2D eigenvalue weighted by molar-refractivity contribution is 8.08. The molecular weight excluding hydrogens is 289 g/mol. The van der Waals surface area contributed by atoms with Crippen LogP contribution >= 0.6 is 11.9 Å². The Morgan fingerprint density at radius 2 is 2.00 bits per heavy atom. The maximum atomic E-state index is 10.7. The number of aliphatic hydroxyl groups excluding tert-OH is 1. The molecule has 0 saturated heterocycles. The highest BCUT2D eigenvalue weighted by Gasteiger charge is 2.22. The van der Waals surface area contributed by atoms with Gasteiger partial charge in [0.15, 0.2) is 11.9 Å². The van der Waals surface area contributed by atoms with Crippen LogP contribution in [0.4, 0.5) is 0 Å². The van der Waals surface area contributed by atoms with Crippen molar-refractivity contribution in [2.75, 3.05) is 20.6 Å². The number of rotatable bonds is 3. The van der Waals surface area contributed by atoms with E-state index in [2.05, 4.69) is 0 Å². The van der Waals surface area contributed by atoms with Crippen LogP contribution in [0.25, 0.3) is 0 Å². The minimum absolute atomic E-state index is 0. The summed E-state index contributed by atoms with van der Waals surface area (Å²) in [4.78, 5) is 10.7. The molecule has 12 heavy (non-hydrogen) atoms. The van der Waals surface area contributed by atoms with E-state index in [9.17, 15) is 4.79 Å². The lowest BCUT2D eigenvalue weighted by atomic mass is 10.4. The van der Waals surface area contributed by atoms with Gasteiger partial charge in [-0.3, -0.25) is 8.68 Å². The van der Waals surface area contributed by atoms with Crippen molar-refractivity contribution in [3.05, 3.63) is 0 Å². The minimum atomic E-state index is -0.364. The van der Waals surface area contributed by atoms with Gasteiger partial charge in [0, 0.05) is 6.92 Å². The number of hydrogen-bond acceptors (Lipinski definition) is 3. The molecule has 0 aliphatic rings. The zero-order chi connectivity index (χ0) is 9.07. The molecule has 0 amide bonds. The van der Waals surface area contributed by atoms with Gasteiger partial charge in [-0.1, -0.05) is 0 Å². The number of nitrogens with zero attached hydrogens (tertiary/aromatic N) is 1. The van der Waals surface area contributed by atoms with Gasteiger partial charge in [0.1, 0.15) is 12.6 Å². The fourth-order valence-corrected chi connectivity index (χ4v) is 2.01. The van der Waals surface area contributed by atoms with Crippen molar-refractivity contribution in [1.82, 2.24) is 0 Å². The maximum absolute atomic E-state index is 10.7. The quantitative estimate of drug-likeness (QED) is 0.360. The second kappa shape index (κ2) is 6.17. The van der Waals surface area contributed by atoms with E-state index in [0.29, 0.717) is 10.4 Å². The molecule has 5 heteroatoms. The summed E-state index contributed by atoms with van der Waals surface area (Å²) < 4.78 is 0.479. The molecule has 0 bridgehead atoms. The molecule has 0 saturated carbocycles. The zero-order valence-electron chi connectivity index (χ0n) is 7.87. The Morgan fingerprint density at radius 1 is 1.58 bits per heavy atom. The molecule has 0 spiro atoms. The van der Waals surface area contributed by atoms with Crippen LogP contribution in [0, 0.1) is 0 Å². The molecule has 0 heterocycles. The molecule has 74 valence electrons. The summed E-state index contributed by atoms with van der Waals surface area (Å²) in [6.45, 7) is 3.84. The first-order valence-electron chi connectivity index (χ1n) is 3.55. The van der Waals surface area contributed by atoms with Gasteiger partial charge in [0.05, 0.1) is 14.1 Å². The van der Waals surface area contributed by atoms with Gasteiger partial charge < -0.3 is 29.1 Å². The van der Waals surface area contributed by atoms with Crippen molar-refractivity contribution in [2.24, 2.45) is 0 Å². The summed E-state index contributed by atoms with van der Waals surface area (Å²) >= 11 is 1.22. The van der Waals surface area contributed by atoms with Crippen molar-refractivity contribution < 1.29 is 37.8 Å². The third-order valence-electron chi connectivity index (χ3n) is 1.08. The Balaban J connectivity index is 0. The van der Waals surface area contributed by atoms with Crippen molar-refractivity contribution >= 4 is 17.1 Å². The molecule has 1 N–H and O–H groups in total. The number of hydrogen-bond donors (Lipinski definition) is 1. The normalized spacial score (nSPS) is 13.4. The Labute approximate surface area is 95.3 Å². The van der Waals surface area contributed by atoms with Crippen LogP contribution in [0.2, 0.25) is 0 Å². The number of carbonyl (C=O) groups is 1. The first-order chi connectivity index (χ1) is 4.83. The summed E-state index contributed by atoms with van der Waals surface area (Å²) in [6, 6.07) is 0. The molecule has 1 atom stereocenters. The van der Waals surface area contributed by atoms with Crippen LogP contribution in [0.3, 0.4) is 0 Å². The standard InChI is InChI=1S/C7H16NO2S.HI/c1-6(9)5-8(3,4)11-7(2)10;/h6,9H,5H2,1-4H3;1H/q+1;/p-1. The summed E-state index contributed by atoms with van der Waals surface area (Å²) in [6.07, 6.45) is -0.364. The van der Waals surface area contributed by atoms with Gasteiger partial charge in [0.2, 0.25) is 5.12 Å². The lowest BCUT2D eigenvalue weighted by Gasteiger charge is -2.26. The van der Waals surface area contributed by atoms with Gasteiger partial charge in [-0.05, 0) is 6.92 Å². The van der Waals surface area contributed by atoms with Crippen LogP contribution in [0.1, 0.15) is 13.8 Å². The molecule has 0 aromatic carbocycles. The summed E-state index contributed by atoms with van der Waals surface area (Å²) in [5, 5.41) is 9.14. The Morgan fingerprint density at radius 3 is 2.25 bits per heavy atom. The van der Waals surface area contributed by atoms with Crippen LogP contribution in [-0.2, 0) is 4.79 Å². The van der Waals surface area contributed by atoms with Crippen molar-refractivity contribution in [3.63, 3.8) is 0 Å². The highest BCUT2D eigenvalue weighted by atomic mass is 127. The van der Waals surface area contributed by atoms with E-state index in [1.807, 2.05) is 14.1 Å². The van der Waals surface area contributed by atoms with E-state index in [-0.39, 0.29) is 35.2 Å². The van der Waals surface area contributed by atoms with E-state index < -0.39 is 0 Å². The Hall–Kier alpha value is 0.670. The first-order valence-corrected chi connectivity index (χ1v) is 4.32. The number of carbonyl (C=O) groups excluding carboxylic acids is 1. The zero-order valence-corrected chi connectivity index (χ0v) is 10.8. The molecule has 0 rings (SSSR count). The van der Waals surface area contributed by atoms with Gasteiger partial charge >= 0.3 is 0 Å². The molecule has 0 aliphatic heterocycles. The third-order valence-corrected chi connectivity index (χ3v) is 1.98. The molecule has 0 radical (unpaired) electrons. The number of likely N-dealkylation sites (N-methyl/N-ethyl adjacent to an activating group) is 1. The second-order valence-corrected chi connectivity index (χ2v) is 4.93. The summed E-state index contributed by atoms with van der Waals surface area (Å²) in [5.74, 6) is 0. The van der Waals surface area contributed by atoms with Crippen LogP contribution in [0.15, 0.2) is 0 Å². The average Bonchev–Trinajstić information content (AvgIpc) is 1.53. The summed E-state index contributed by atoms with van der Waals surface area (Å²) in [7, 11) is 3.80. The average molecular weight is 305 g/mol. The lowest BCUT2D eigenvalue weighted by molar-refractivity contribution is -0.753. The van der Waals surface area contributed by atoms with Gasteiger partial charge in [-0.15, -0.1) is 0 Å². The predicted molar refractivity (Wildman–Crippen MR) is 46.9 cm³/mol. The predicted octanol–water partition coefficient (Wildman–Crippen LogP) is -2.36. The van der Waals surface area contributed by atoms with Gasteiger partial charge in [0.25, 0.3) is 0 Å². The van der Waals surface area contributed by atoms with E-state index in [4.69, 9.17) is 5.11 Å². The Kier molecular flexibility index (Phi) is 7.80. The van der Waals surface area contributed by atoms with E-state index >= 15 is 0 Å². The largest absolute Gasteiger partial charge is 1.00 e. The number of aliphatic hydroxyl groups is 1. The first kappa shape index (κ1) is 15.2. The van der Waals surface area contributed by atoms with Crippen LogP contribution < -0.4 is 24.0 Å². The molecule has 3 nitrogen and oxygen atoms in total. The van der Waals surface area contributed by atoms with Gasteiger partial charge in [-0.25, -0.2) is 0 Å². The van der Waals surface area contributed by atoms with E-state index in [1.165, 1.54) is 18.9 Å². The fourth-order valence-electron chi connectivity index (χ4n) is 1.02. The van der Waals surface area contributed by atoms with Crippen LogP contribution in [0.5, 0.6) is 0 Å². The smallest absolute Gasteiger partial charge is 0.242 e. The van der Waals surface area contributed by atoms with Crippen molar-refractivity contribution in [2.45, 2.75) is 20.0 Å². The van der Waals surface area contributed by atoms with Crippen LogP contribution in [-0.4, -0.2) is 40.9 Å². The molecule has 0 aromatic rings. The minimum Gasteiger partial charge on any atom is -1.00 e. The van der Waals surface area contributed by atoms with E-state index in [0.717, 1.165) is 0 Å². The summed E-state index contributed by atoms with van der Waals surface area (Å²) in [5.41, 5.74) is 0. The second-order valence-electron chi connectivity index (χ2n) is 3.19. The SMILES string of the molecule is CC(=O)S[N+](C)(C)CC(C)O.[I-]. The molecule has 0 fully saturated rings. The lowest BCUT2D eigenvalue weighted by Crippen LogP contribution is -3.00. The monoisotopic (exact) mass is 305 g/mol. The van der Waals surface area contributed by atoms with Crippen molar-refractivity contribution in [3.8, 4) is 0 Å². The molecule has 0 aliphatic carbocycles. The van der Waals surface area contributed by atoms with Gasteiger partial charge in [-0.2, -0.15) is 0 Å². The third kappa shape index (κ3) is 8.76. The molecule has 0 aromatic heterocycles. The highest BCUT2D eigenvalue weighted by Crippen LogP contribution is 2.17.